The summed E-state index contributed by atoms with van der Waals surface area (Å²) in [5.74, 6) is -19.6. The van der Waals surface area contributed by atoms with E-state index in [-0.39, 0.29) is 24.9 Å². The summed E-state index contributed by atoms with van der Waals surface area (Å²) in [4.78, 5) is -2.49. The van der Waals surface area contributed by atoms with Crippen molar-refractivity contribution in [1.29, 1.82) is 0 Å². The first kappa shape index (κ1) is 27.0. The van der Waals surface area contributed by atoms with E-state index in [1.807, 2.05) is 0 Å². The average molecular weight is 464 g/mol. The molecule has 0 N–H and O–H groups in total. The maximum atomic E-state index is 13.7. The standard InChI is InChI=1S/C10H4F10O5S2.Li/c11-4-1-2-6(5(12)3-4)26(21,22)9(17,18)7(13,14)8(15,16)10(19,20)27(23,24)25;/h1-3H,(H,23,24,25);/q;+1/p-1. The molecule has 0 amide bonds. The van der Waals surface area contributed by atoms with Gasteiger partial charge in [0, 0.05) is 6.07 Å². The van der Waals surface area contributed by atoms with Crippen molar-refractivity contribution in [1.82, 2.24) is 0 Å². The van der Waals surface area contributed by atoms with Gasteiger partial charge in [0.1, 0.15) is 16.5 Å². The van der Waals surface area contributed by atoms with E-state index in [2.05, 4.69) is 0 Å². The van der Waals surface area contributed by atoms with Crippen LogP contribution in [0.2, 0.25) is 0 Å². The predicted octanol–water partition coefficient (Wildman–Crippen LogP) is -0.256. The van der Waals surface area contributed by atoms with Gasteiger partial charge in [-0.1, -0.05) is 0 Å². The third kappa shape index (κ3) is 3.62. The van der Waals surface area contributed by atoms with Crippen molar-refractivity contribution in [2.24, 2.45) is 0 Å². The van der Waals surface area contributed by atoms with Crippen LogP contribution in [0.15, 0.2) is 23.1 Å². The van der Waals surface area contributed by atoms with Gasteiger partial charge >= 0.3 is 41.2 Å². The first-order valence-electron chi connectivity index (χ1n) is 5.82. The summed E-state index contributed by atoms with van der Waals surface area (Å²) in [6, 6.07) is -0.903. The Morgan fingerprint density at radius 3 is 1.50 bits per heavy atom. The van der Waals surface area contributed by atoms with E-state index in [1.54, 1.807) is 0 Å². The summed E-state index contributed by atoms with van der Waals surface area (Å²) in [6.07, 6.45) is 0. The van der Waals surface area contributed by atoms with Crippen LogP contribution in [0, 0.1) is 11.6 Å². The van der Waals surface area contributed by atoms with Crippen LogP contribution in [0.4, 0.5) is 43.9 Å². The van der Waals surface area contributed by atoms with Crippen molar-refractivity contribution < 1.29 is 84.2 Å². The van der Waals surface area contributed by atoms with E-state index in [4.69, 9.17) is 0 Å². The SMILES string of the molecule is O=S(=O)([O-])C(F)(F)C(F)(F)C(F)(F)C(F)(F)S(=O)(=O)c1ccc(F)cc1F.[Li+]. The quantitative estimate of drug-likeness (QED) is 0.251. The zero-order valence-electron chi connectivity index (χ0n) is 12.9. The molecule has 1 aromatic carbocycles. The van der Waals surface area contributed by atoms with Crippen LogP contribution < -0.4 is 18.9 Å². The Labute approximate surface area is 161 Å². The van der Waals surface area contributed by atoms with Crippen molar-refractivity contribution in [3.63, 3.8) is 0 Å². The van der Waals surface area contributed by atoms with Gasteiger partial charge in [-0.3, -0.25) is 0 Å². The molecule has 0 heterocycles. The zero-order valence-corrected chi connectivity index (χ0v) is 14.5. The maximum Gasteiger partial charge on any atom is 1.00 e. The normalized spacial score (nSPS) is 14.5. The van der Waals surface area contributed by atoms with Gasteiger partial charge in [0.05, 0.1) is 0 Å². The van der Waals surface area contributed by atoms with Gasteiger partial charge in [-0.15, -0.1) is 0 Å². The Hall–Kier alpha value is -1.02. The van der Waals surface area contributed by atoms with Gasteiger partial charge < -0.3 is 4.55 Å². The third-order valence-corrected chi connectivity index (χ3v) is 5.69. The largest absolute Gasteiger partial charge is 1.00 e. The Morgan fingerprint density at radius 1 is 0.750 bits per heavy atom. The fourth-order valence-corrected chi connectivity index (χ4v) is 3.27. The first-order chi connectivity index (χ1) is 11.7. The van der Waals surface area contributed by atoms with Gasteiger partial charge in [-0.25, -0.2) is 25.6 Å². The van der Waals surface area contributed by atoms with E-state index in [1.165, 1.54) is 0 Å². The molecule has 0 fully saturated rings. The molecule has 0 aliphatic rings. The monoisotopic (exact) mass is 464 g/mol. The summed E-state index contributed by atoms with van der Waals surface area (Å²) < 4.78 is 185. The van der Waals surface area contributed by atoms with Crippen LogP contribution in [-0.2, 0) is 20.0 Å². The summed E-state index contributed by atoms with van der Waals surface area (Å²) >= 11 is 0. The van der Waals surface area contributed by atoms with Crippen LogP contribution in [0.3, 0.4) is 0 Å². The van der Waals surface area contributed by atoms with Gasteiger partial charge in [-0.2, -0.15) is 35.1 Å². The second-order valence-electron chi connectivity index (χ2n) is 4.71. The Morgan fingerprint density at radius 2 is 1.14 bits per heavy atom. The number of benzene rings is 1. The Balaban J connectivity index is 0.00000729. The van der Waals surface area contributed by atoms with Gasteiger partial charge in [0.2, 0.25) is 0 Å². The molecule has 0 bridgehead atoms. The van der Waals surface area contributed by atoms with E-state index in [0.29, 0.717) is 0 Å². The number of sulfone groups is 1. The minimum atomic E-state index is -7.76. The molecule has 5 nitrogen and oxygen atoms in total. The fraction of sp³-hybridized carbons (Fsp3) is 0.400. The molecule has 0 radical (unpaired) electrons. The van der Waals surface area contributed by atoms with Crippen LogP contribution in [-0.4, -0.2) is 43.7 Å². The van der Waals surface area contributed by atoms with Crippen molar-refractivity contribution >= 4 is 20.0 Å². The van der Waals surface area contributed by atoms with Gasteiger partial charge in [0.25, 0.3) is 9.84 Å². The van der Waals surface area contributed by atoms with Crippen LogP contribution in [0.25, 0.3) is 0 Å². The molecule has 0 saturated heterocycles. The molecule has 1 rings (SSSR count). The van der Waals surface area contributed by atoms with Crippen molar-refractivity contribution in [3.8, 4) is 0 Å². The van der Waals surface area contributed by atoms with Crippen LogP contribution in [0.5, 0.6) is 0 Å². The number of rotatable bonds is 6. The second kappa shape index (κ2) is 7.34. The topological polar surface area (TPSA) is 91.3 Å². The molecule has 0 aromatic heterocycles. The average Bonchev–Trinajstić information content (AvgIpc) is 2.44. The smallest absolute Gasteiger partial charge is 0.743 e. The summed E-state index contributed by atoms with van der Waals surface area (Å²) in [6.45, 7) is 0. The zero-order chi connectivity index (χ0) is 21.9. The molecule has 0 unspecified atom stereocenters. The molecule has 1 aromatic rings. The predicted molar refractivity (Wildman–Crippen MR) is 63.0 cm³/mol. The minimum Gasteiger partial charge on any atom is -0.743 e. The second-order valence-corrected chi connectivity index (χ2v) is 8.10. The number of halogens is 10. The van der Waals surface area contributed by atoms with Crippen LogP contribution in [0.1, 0.15) is 0 Å². The fourth-order valence-electron chi connectivity index (χ4n) is 1.52. The Kier molecular flexibility index (Phi) is 7.08. The summed E-state index contributed by atoms with van der Waals surface area (Å²) in [7, 11) is -15.0. The van der Waals surface area contributed by atoms with Crippen molar-refractivity contribution in [2.75, 3.05) is 0 Å². The minimum absolute atomic E-state index is 0. The molecule has 0 saturated carbocycles. The number of hydrogen-bond donors (Lipinski definition) is 0. The summed E-state index contributed by atoms with van der Waals surface area (Å²) in [5, 5.41) is -14.7. The van der Waals surface area contributed by atoms with Gasteiger partial charge in [-0.05, 0) is 12.1 Å². The molecule has 156 valence electrons. The van der Waals surface area contributed by atoms with E-state index >= 15 is 0 Å². The molecule has 0 aliphatic heterocycles. The molecule has 0 aliphatic carbocycles. The third-order valence-electron chi connectivity index (χ3n) is 2.96. The maximum absolute atomic E-state index is 13.7. The summed E-state index contributed by atoms with van der Waals surface area (Å²) in [5.41, 5.74) is 0. The van der Waals surface area contributed by atoms with Gasteiger partial charge in [0.15, 0.2) is 10.1 Å². The van der Waals surface area contributed by atoms with Crippen molar-refractivity contribution in [3.05, 3.63) is 29.8 Å². The number of hydrogen-bond acceptors (Lipinski definition) is 5. The molecule has 0 atom stereocenters. The Bertz CT molecular complexity index is 961. The van der Waals surface area contributed by atoms with Crippen LogP contribution >= 0.6 is 0 Å². The molecule has 18 heteroatoms. The molecule has 0 spiro atoms. The van der Waals surface area contributed by atoms with E-state index < -0.39 is 71.0 Å². The van der Waals surface area contributed by atoms with Crippen molar-refractivity contribution in [2.45, 2.75) is 27.2 Å². The van der Waals surface area contributed by atoms with E-state index in [0.717, 1.165) is 0 Å². The molecular weight excluding hydrogens is 461 g/mol. The van der Waals surface area contributed by atoms with E-state index in [9.17, 15) is 65.3 Å². The molecular formula is C10H3F10LiO5S2. The number of alkyl halides is 8. The molecule has 28 heavy (non-hydrogen) atoms. The first-order valence-corrected chi connectivity index (χ1v) is 8.71.